The van der Waals surface area contributed by atoms with Crippen molar-refractivity contribution in [3.05, 3.63) is 90.0 Å². The van der Waals surface area contributed by atoms with E-state index in [9.17, 15) is 9.59 Å². The van der Waals surface area contributed by atoms with E-state index in [4.69, 9.17) is 23.9 Å². The standard InChI is InChI=1S/C35H35N5O6/c1-43-26-12-9-22(10-13-26)20-39-33(41)21-45-29-15-16-31(38-34(29)39)40-28-14-11-25(18-30(28)46-35(40)42)36-19-23-5-3-6-24(17-23)27-7-4-8-32(37-27)44-2/h3-10,12-13,15-17,25,28,30,36H,11,14,18-21H2,1-2H3. The van der Waals surface area contributed by atoms with E-state index in [1.54, 1.807) is 36.2 Å². The maximum Gasteiger partial charge on any atom is 0.416 e. The molecule has 3 unspecified atom stereocenters. The summed E-state index contributed by atoms with van der Waals surface area (Å²) in [4.78, 5) is 38.7. The number of nitrogens with one attached hydrogen (secondary N) is 1. The Balaban J connectivity index is 1.02. The number of rotatable bonds is 9. The SMILES string of the molecule is COc1ccc(CN2C(=O)COc3ccc(N4C(=O)OC5CC(NCc6cccc(-c7cccc(OC)n7)c6)CCC54)nc32)cc1. The normalized spacial score (nSPS) is 20.4. The molecule has 7 rings (SSSR count). The van der Waals surface area contributed by atoms with E-state index in [0.717, 1.165) is 41.0 Å². The Morgan fingerprint density at radius 2 is 1.76 bits per heavy atom. The molecule has 11 heteroatoms. The Hall–Kier alpha value is -5.16. The smallest absolute Gasteiger partial charge is 0.416 e. The summed E-state index contributed by atoms with van der Waals surface area (Å²) in [6, 6.07) is 25.1. The van der Waals surface area contributed by atoms with Gasteiger partial charge in [-0.1, -0.05) is 36.4 Å². The van der Waals surface area contributed by atoms with Crippen LogP contribution < -0.4 is 29.3 Å². The number of methoxy groups -OCH3 is 2. The Labute approximate surface area is 267 Å². The zero-order valence-corrected chi connectivity index (χ0v) is 25.7. The minimum absolute atomic E-state index is 0.0722. The van der Waals surface area contributed by atoms with Gasteiger partial charge in [0.2, 0.25) is 5.88 Å². The lowest BCUT2D eigenvalue weighted by molar-refractivity contribution is -0.121. The average Bonchev–Trinajstić information content (AvgIpc) is 3.43. The van der Waals surface area contributed by atoms with E-state index in [0.29, 0.717) is 42.8 Å². The van der Waals surface area contributed by atoms with Crippen molar-refractivity contribution in [2.75, 3.05) is 30.6 Å². The zero-order chi connectivity index (χ0) is 31.6. The topological polar surface area (TPSA) is 115 Å². The molecule has 2 fully saturated rings. The molecule has 1 aliphatic carbocycles. The molecule has 4 aromatic rings. The Morgan fingerprint density at radius 3 is 2.59 bits per heavy atom. The molecule has 0 radical (unpaired) electrons. The van der Waals surface area contributed by atoms with E-state index < -0.39 is 6.09 Å². The minimum Gasteiger partial charge on any atom is -0.497 e. The van der Waals surface area contributed by atoms with Crippen LogP contribution in [0.4, 0.5) is 16.4 Å². The molecule has 2 amide bonds. The van der Waals surface area contributed by atoms with Crippen LogP contribution in [0.2, 0.25) is 0 Å². The van der Waals surface area contributed by atoms with E-state index in [1.165, 1.54) is 0 Å². The van der Waals surface area contributed by atoms with Gasteiger partial charge in [-0.25, -0.2) is 14.8 Å². The molecule has 2 aliphatic heterocycles. The summed E-state index contributed by atoms with van der Waals surface area (Å²) in [7, 11) is 3.23. The molecule has 2 aromatic heterocycles. The highest BCUT2D eigenvalue weighted by molar-refractivity contribution is 5.97. The number of fused-ring (bicyclic) bond motifs is 2. The lowest BCUT2D eigenvalue weighted by atomic mass is 9.88. The van der Waals surface area contributed by atoms with Gasteiger partial charge in [0.25, 0.3) is 5.91 Å². The third-order valence-electron chi connectivity index (χ3n) is 8.77. The van der Waals surface area contributed by atoms with Crippen LogP contribution >= 0.6 is 0 Å². The molecule has 4 heterocycles. The molecular weight excluding hydrogens is 586 g/mol. The van der Waals surface area contributed by atoms with Gasteiger partial charge in [-0.15, -0.1) is 0 Å². The third kappa shape index (κ3) is 5.93. The number of hydrogen-bond donors (Lipinski definition) is 1. The Morgan fingerprint density at radius 1 is 0.913 bits per heavy atom. The molecule has 1 saturated heterocycles. The summed E-state index contributed by atoms with van der Waals surface area (Å²) in [6.07, 6.45) is 1.64. The van der Waals surface area contributed by atoms with Gasteiger partial charge >= 0.3 is 6.09 Å². The monoisotopic (exact) mass is 621 g/mol. The first-order valence-electron chi connectivity index (χ1n) is 15.4. The van der Waals surface area contributed by atoms with Crippen molar-refractivity contribution >= 4 is 23.6 Å². The fourth-order valence-corrected chi connectivity index (χ4v) is 6.38. The van der Waals surface area contributed by atoms with Gasteiger partial charge in [0, 0.05) is 30.6 Å². The van der Waals surface area contributed by atoms with E-state index >= 15 is 0 Å². The molecule has 1 N–H and O–H groups in total. The van der Waals surface area contributed by atoms with E-state index in [2.05, 4.69) is 22.4 Å². The quantitative estimate of drug-likeness (QED) is 0.272. The van der Waals surface area contributed by atoms with Gasteiger partial charge in [-0.05, 0) is 60.4 Å². The summed E-state index contributed by atoms with van der Waals surface area (Å²) < 4.78 is 22.1. The van der Waals surface area contributed by atoms with Crippen molar-refractivity contribution in [2.24, 2.45) is 0 Å². The summed E-state index contributed by atoms with van der Waals surface area (Å²) in [5.41, 5.74) is 3.94. The first-order chi connectivity index (χ1) is 22.5. The number of amides is 2. The molecule has 2 aromatic carbocycles. The van der Waals surface area contributed by atoms with Crippen LogP contribution in [0.1, 0.15) is 30.4 Å². The van der Waals surface area contributed by atoms with Gasteiger partial charge < -0.3 is 24.3 Å². The van der Waals surface area contributed by atoms with Crippen molar-refractivity contribution in [2.45, 2.75) is 50.5 Å². The highest BCUT2D eigenvalue weighted by Gasteiger charge is 2.47. The Bertz CT molecular complexity index is 1750. The maximum atomic E-state index is 13.2. The first kappa shape index (κ1) is 29.5. The minimum atomic E-state index is -0.425. The second-order valence-corrected chi connectivity index (χ2v) is 11.6. The van der Waals surface area contributed by atoms with Crippen molar-refractivity contribution in [3.8, 4) is 28.6 Å². The number of hydrogen-bond acceptors (Lipinski definition) is 9. The maximum absolute atomic E-state index is 13.2. The highest BCUT2D eigenvalue weighted by Crippen LogP contribution is 2.39. The fraction of sp³-hybridized carbons (Fsp3) is 0.314. The van der Waals surface area contributed by atoms with Crippen LogP contribution in [0.15, 0.2) is 78.9 Å². The van der Waals surface area contributed by atoms with Gasteiger partial charge in [-0.2, -0.15) is 0 Å². The predicted octanol–water partition coefficient (Wildman–Crippen LogP) is 5.12. The van der Waals surface area contributed by atoms with Gasteiger partial charge in [0.15, 0.2) is 18.2 Å². The molecular formula is C35H35N5O6. The van der Waals surface area contributed by atoms with Gasteiger partial charge in [0.1, 0.15) is 17.7 Å². The van der Waals surface area contributed by atoms with E-state index in [-0.39, 0.29) is 30.7 Å². The number of pyridine rings is 2. The molecule has 3 aliphatic rings. The number of benzene rings is 2. The first-order valence-corrected chi connectivity index (χ1v) is 15.4. The van der Waals surface area contributed by atoms with Crippen LogP contribution in [0.25, 0.3) is 11.3 Å². The lowest BCUT2D eigenvalue weighted by Gasteiger charge is -2.34. The van der Waals surface area contributed by atoms with Crippen LogP contribution in [0, 0.1) is 0 Å². The summed E-state index contributed by atoms with van der Waals surface area (Å²) in [6.45, 7) is 0.928. The number of carbonyl (C=O) groups excluding carboxylic acids is 2. The third-order valence-corrected chi connectivity index (χ3v) is 8.77. The largest absolute Gasteiger partial charge is 0.497 e. The number of aromatic nitrogens is 2. The molecule has 0 bridgehead atoms. The average molecular weight is 622 g/mol. The summed E-state index contributed by atoms with van der Waals surface area (Å²) in [5, 5.41) is 3.66. The summed E-state index contributed by atoms with van der Waals surface area (Å²) >= 11 is 0. The van der Waals surface area contributed by atoms with Crippen LogP contribution in [0.5, 0.6) is 17.4 Å². The van der Waals surface area contributed by atoms with Crippen LogP contribution in [-0.4, -0.2) is 61.0 Å². The zero-order valence-electron chi connectivity index (χ0n) is 25.7. The summed E-state index contributed by atoms with van der Waals surface area (Å²) in [5.74, 6) is 2.45. The van der Waals surface area contributed by atoms with Gasteiger partial charge in [-0.3, -0.25) is 14.6 Å². The van der Waals surface area contributed by atoms with Gasteiger partial charge in [0.05, 0.1) is 32.5 Å². The Kier molecular flexibility index (Phi) is 8.15. The molecule has 1 saturated carbocycles. The second-order valence-electron chi connectivity index (χ2n) is 11.6. The van der Waals surface area contributed by atoms with Crippen LogP contribution in [-0.2, 0) is 22.6 Å². The highest BCUT2D eigenvalue weighted by atomic mass is 16.6. The number of ether oxygens (including phenoxy) is 4. The lowest BCUT2D eigenvalue weighted by Crippen LogP contribution is -2.46. The molecule has 46 heavy (non-hydrogen) atoms. The molecule has 236 valence electrons. The van der Waals surface area contributed by atoms with E-state index in [1.807, 2.05) is 54.6 Å². The molecule has 3 atom stereocenters. The van der Waals surface area contributed by atoms with Crippen molar-refractivity contribution < 1.29 is 28.5 Å². The van der Waals surface area contributed by atoms with Crippen molar-refractivity contribution in [1.82, 2.24) is 15.3 Å². The van der Waals surface area contributed by atoms with Crippen molar-refractivity contribution in [1.29, 1.82) is 0 Å². The second kappa shape index (κ2) is 12.7. The number of anilines is 2. The predicted molar refractivity (Wildman–Crippen MR) is 171 cm³/mol. The number of nitrogens with zero attached hydrogens (tertiary/aromatic N) is 4. The van der Waals surface area contributed by atoms with Crippen molar-refractivity contribution in [3.63, 3.8) is 0 Å². The molecule has 11 nitrogen and oxygen atoms in total. The fourth-order valence-electron chi connectivity index (χ4n) is 6.38. The van der Waals surface area contributed by atoms with Crippen LogP contribution in [0.3, 0.4) is 0 Å². The molecule has 0 spiro atoms. The number of carbonyl (C=O) groups is 2.